The molecule has 1 aromatic carbocycles. The Morgan fingerprint density at radius 2 is 1.91 bits per heavy atom. The summed E-state index contributed by atoms with van der Waals surface area (Å²) in [5, 5.41) is 4.93. The summed E-state index contributed by atoms with van der Waals surface area (Å²) in [4.78, 5) is 40.0. The summed E-state index contributed by atoms with van der Waals surface area (Å²) in [5.41, 5.74) is 3.59. The third-order valence-corrected chi connectivity index (χ3v) is 6.82. The summed E-state index contributed by atoms with van der Waals surface area (Å²) in [5.74, 6) is -0.0297. The van der Waals surface area contributed by atoms with Crippen molar-refractivity contribution in [1.29, 1.82) is 0 Å². The van der Waals surface area contributed by atoms with Gasteiger partial charge >= 0.3 is 5.97 Å². The number of nitrogens with one attached hydrogen (secondary N) is 1. The number of aromatic nitrogens is 4. The zero-order valence-electron chi connectivity index (χ0n) is 19.7. The minimum Gasteiger partial charge on any atom is -0.464 e. The largest absolute Gasteiger partial charge is 0.464 e. The number of hydrogen-bond donors (Lipinski definition) is 1. The Morgan fingerprint density at radius 3 is 2.56 bits per heavy atom. The molecule has 4 rings (SSSR count). The van der Waals surface area contributed by atoms with Crippen molar-refractivity contribution in [3.05, 3.63) is 67.3 Å². The van der Waals surface area contributed by atoms with Crippen molar-refractivity contribution in [2.75, 3.05) is 12.4 Å². The van der Waals surface area contributed by atoms with Gasteiger partial charge in [0.05, 0.1) is 45.3 Å². The van der Waals surface area contributed by atoms with Crippen molar-refractivity contribution in [3.63, 3.8) is 0 Å². The molecule has 3 heterocycles. The molecule has 8 nitrogen and oxygen atoms in total. The molecule has 0 aliphatic carbocycles. The monoisotopic (exact) mass is 497 g/mol. The number of carbonyl (C=O) groups excluding carboxylic acids is 1. The molecule has 10 heteroatoms. The Hall–Kier alpha value is -3.30. The Labute approximate surface area is 205 Å². The van der Waals surface area contributed by atoms with Gasteiger partial charge in [0, 0.05) is 12.6 Å². The lowest BCUT2D eigenvalue weighted by atomic mass is 10.0. The lowest BCUT2D eigenvalue weighted by Gasteiger charge is -2.20. The quantitative estimate of drug-likeness (QED) is 0.306. The second kappa shape index (κ2) is 9.15. The first kappa shape index (κ1) is 23.8. The number of hydrogen-bond acceptors (Lipinski definition) is 8. The number of aryl methyl sites for hydroxylation is 3. The van der Waals surface area contributed by atoms with Crippen molar-refractivity contribution in [2.45, 2.75) is 33.7 Å². The standard InChI is InChI=1S/C24H24ClN5O3S/c1-11-9-15(12(2)27-17-7-8-18(25)28-20(17)24(32)33-6)19-16(10-11)23(31)30(5)22(29-19)21-13(3)26-14(4)34-21/h7-10,12,27H,1-6H3/t12-/m1/s1. The van der Waals surface area contributed by atoms with Crippen molar-refractivity contribution in [1.82, 2.24) is 19.5 Å². The van der Waals surface area contributed by atoms with Crippen LogP contribution in [0.5, 0.6) is 0 Å². The number of fused-ring (bicyclic) bond motifs is 1. The molecular weight excluding hydrogens is 474 g/mol. The predicted molar refractivity (Wildman–Crippen MR) is 135 cm³/mol. The number of rotatable bonds is 5. The van der Waals surface area contributed by atoms with Gasteiger partial charge in [-0.05, 0) is 51.5 Å². The molecule has 0 unspecified atom stereocenters. The third kappa shape index (κ3) is 4.28. The van der Waals surface area contributed by atoms with Crippen molar-refractivity contribution in [3.8, 4) is 10.7 Å². The van der Waals surface area contributed by atoms with Crippen LogP contribution in [0.15, 0.2) is 29.1 Å². The molecule has 0 radical (unpaired) electrons. The van der Waals surface area contributed by atoms with E-state index in [2.05, 4.69) is 15.3 Å². The molecular formula is C24H24ClN5O3S. The highest BCUT2D eigenvalue weighted by Crippen LogP contribution is 2.32. The van der Waals surface area contributed by atoms with Gasteiger partial charge in [-0.15, -0.1) is 11.3 Å². The van der Waals surface area contributed by atoms with E-state index in [4.69, 9.17) is 21.3 Å². The van der Waals surface area contributed by atoms with Gasteiger partial charge in [-0.2, -0.15) is 0 Å². The van der Waals surface area contributed by atoms with Crippen LogP contribution < -0.4 is 10.9 Å². The molecule has 1 N–H and O–H groups in total. The number of carbonyl (C=O) groups is 1. The Kier molecular flexibility index (Phi) is 6.42. The molecule has 0 saturated heterocycles. The number of benzene rings is 1. The SMILES string of the molecule is COC(=O)c1nc(Cl)ccc1N[C@H](C)c1cc(C)cc2c(=O)n(C)c(-c3sc(C)nc3C)nc12. The zero-order chi connectivity index (χ0) is 24.7. The Morgan fingerprint density at radius 1 is 1.18 bits per heavy atom. The van der Waals surface area contributed by atoms with Crippen LogP contribution in [0.25, 0.3) is 21.6 Å². The Balaban J connectivity index is 1.89. The second-order valence-electron chi connectivity index (χ2n) is 8.09. The molecule has 34 heavy (non-hydrogen) atoms. The minimum atomic E-state index is -0.600. The summed E-state index contributed by atoms with van der Waals surface area (Å²) in [7, 11) is 3.01. The number of methoxy groups -OCH3 is 1. The molecule has 176 valence electrons. The maximum atomic E-state index is 13.3. The normalized spacial score (nSPS) is 12.1. The summed E-state index contributed by atoms with van der Waals surface area (Å²) >= 11 is 7.50. The predicted octanol–water partition coefficient (Wildman–Crippen LogP) is 4.99. The van der Waals surface area contributed by atoms with Crippen LogP contribution in [-0.2, 0) is 11.8 Å². The number of ether oxygens (including phenoxy) is 1. The van der Waals surface area contributed by atoms with Gasteiger partial charge < -0.3 is 10.1 Å². The van der Waals surface area contributed by atoms with Gasteiger partial charge in [0.15, 0.2) is 11.5 Å². The summed E-state index contributed by atoms with van der Waals surface area (Å²) < 4.78 is 6.43. The zero-order valence-corrected chi connectivity index (χ0v) is 21.3. The van der Waals surface area contributed by atoms with E-state index in [1.165, 1.54) is 18.4 Å². The maximum absolute atomic E-state index is 13.3. The number of pyridine rings is 1. The highest BCUT2D eigenvalue weighted by Gasteiger charge is 2.21. The van der Waals surface area contributed by atoms with Crippen LogP contribution >= 0.6 is 22.9 Å². The number of anilines is 1. The van der Waals surface area contributed by atoms with Crippen molar-refractivity contribution >= 4 is 45.5 Å². The highest BCUT2D eigenvalue weighted by molar-refractivity contribution is 7.15. The first-order valence-electron chi connectivity index (χ1n) is 10.6. The third-order valence-electron chi connectivity index (χ3n) is 5.54. The van der Waals surface area contributed by atoms with Crippen LogP contribution in [0, 0.1) is 20.8 Å². The van der Waals surface area contributed by atoms with Crippen molar-refractivity contribution < 1.29 is 9.53 Å². The second-order valence-corrected chi connectivity index (χ2v) is 9.68. The van der Waals surface area contributed by atoms with Gasteiger partial charge in [0.25, 0.3) is 5.56 Å². The van der Waals surface area contributed by atoms with Gasteiger partial charge in [0.1, 0.15) is 5.15 Å². The van der Waals surface area contributed by atoms with E-state index in [1.807, 2.05) is 39.8 Å². The fourth-order valence-electron chi connectivity index (χ4n) is 3.94. The first-order valence-corrected chi connectivity index (χ1v) is 11.8. The molecule has 0 bridgehead atoms. The van der Waals surface area contributed by atoms with Gasteiger partial charge in [-0.1, -0.05) is 17.7 Å². The summed E-state index contributed by atoms with van der Waals surface area (Å²) in [6.45, 7) is 7.71. The van der Waals surface area contributed by atoms with Crippen molar-refractivity contribution in [2.24, 2.45) is 7.05 Å². The molecule has 4 aromatic rings. The van der Waals surface area contributed by atoms with E-state index < -0.39 is 5.97 Å². The van der Waals surface area contributed by atoms with E-state index >= 15 is 0 Å². The molecule has 0 amide bonds. The van der Waals surface area contributed by atoms with Crippen LogP contribution in [0.4, 0.5) is 5.69 Å². The molecule has 0 fully saturated rings. The van der Waals surface area contributed by atoms with Crippen LogP contribution in [0.3, 0.4) is 0 Å². The number of esters is 1. The molecule has 0 aliphatic heterocycles. The van der Waals surface area contributed by atoms with E-state index in [-0.39, 0.29) is 22.4 Å². The molecule has 0 aliphatic rings. The molecule has 0 spiro atoms. The average Bonchev–Trinajstić information content (AvgIpc) is 3.14. The molecule has 1 atom stereocenters. The number of halogens is 1. The number of nitrogens with zero attached hydrogens (tertiary/aromatic N) is 4. The van der Waals surface area contributed by atoms with Gasteiger partial charge in [-0.25, -0.2) is 19.7 Å². The van der Waals surface area contributed by atoms with Gasteiger partial charge in [-0.3, -0.25) is 9.36 Å². The maximum Gasteiger partial charge on any atom is 0.358 e. The van der Waals surface area contributed by atoms with E-state index in [9.17, 15) is 9.59 Å². The summed E-state index contributed by atoms with van der Waals surface area (Å²) in [6.07, 6.45) is 0. The fourth-order valence-corrected chi connectivity index (χ4v) is 5.03. The van der Waals surface area contributed by atoms with E-state index in [1.54, 1.807) is 23.7 Å². The molecule has 0 saturated carbocycles. The van der Waals surface area contributed by atoms with E-state index in [0.29, 0.717) is 22.4 Å². The average molecular weight is 498 g/mol. The van der Waals surface area contributed by atoms with E-state index in [0.717, 1.165) is 26.7 Å². The van der Waals surface area contributed by atoms with Gasteiger partial charge in [0.2, 0.25) is 0 Å². The lowest BCUT2D eigenvalue weighted by molar-refractivity contribution is 0.0595. The molecule has 3 aromatic heterocycles. The topological polar surface area (TPSA) is 99.0 Å². The van der Waals surface area contributed by atoms with Crippen LogP contribution in [0.1, 0.15) is 45.3 Å². The van der Waals surface area contributed by atoms with Crippen LogP contribution in [0.2, 0.25) is 5.15 Å². The lowest BCUT2D eigenvalue weighted by Crippen LogP contribution is -2.22. The number of thiazole rings is 1. The first-order chi connectivity index (χ1) is 16.1. The van der Waals surface area contributed by atoms with Crippen LogP contribution in [-0.4, -0.2) is 32.6 Å². The fraction of sp³-hybridized carbons (Fsp3) is 0.292. The Bertz CT molecular complexity index is 1490. The minimum absolute atomic E-state index is 0.0825. The summed E-state index contributed by atoms with van der Waals surface area (Å²) in [6, 6.07) is 6.79. The highest BCUT2D eigenvalue weighted by atomic mass is 35.5. The smallest absolute Gasteiger partial charge is 0.358 e.